The van der Waals surface area contributed by atoms with E-state index in [0.717, 1.165) is 38.3 Å². The van der Waals surface area contributed by atoms with Crippen molar-refractivity contribution in [3.05, 3.63) is 77.9 Å². The predicted octanol–water partition coefficient (Wildman–Crippen LogP) is 2.47. The number of methoxy groups -OCH3 is 1. The normalized spacial score (nSPS) is 13.7. The summed E-state index contributed by atoms with van der Waals surface area (Å²) in [6, 6.07) is 18.5. The highest BCUT2D eigenvalue weighted by atomic mass is 16.5. The van der Waals surface area contributed by atoms with Crippen molar-refractivity contribution < 1.29 is 29.0 Å². The number of hydrogen-bond donors (Lipinski definition) is 2. The smallest absolute Gasteiger partial charge is 0.255 e. The first kappa shape index (κ1) is 27.5. The molecule has 0 spiro atoms. The van der Waals surface area contributed by atoms with E-state index in [9.17, 15) is 19.5 Å². The van der Waals surface area contributed by atoms with Crippen molar-refractivity contribution >= 4 is 34.8 Å². The van der Waals surface area contributed by atoms with E-state index in [1.807, 2.05) is 12.1 Å². The summed E-state index contributed by atoms with van der Waals surface area (Å²) in [5.41, 5.74) is 2.17. The van der Waals surface area contributed by atoms with Crippen molar-refractivity contribution in [3.8, 4) is 11.5 Å². The molecule has 0 radical (unpaired) electrons. The zero-order chi connectivity index (χ0) is 27.8. The molecule has 1 saturated heterocycles. The number of carboxylic acids is 1. The third-order valence-electron chi connectivity index (χ3n) is 6.42. The van der Waals surface area contributed by atoms with Crippen molar-refractivity contribution in [1.29, 1.82) is 0 Å². The van der Waals surface area contributed by atoms with Gasteiger partial charge in [0.2, 0.25) is 0 Å². The lowest BCUT2D eigenvalue weighted by atomic mass is 10.1. The van der Waals surface area contributed by atoms with Crippen LogP contribution >= 0.6 is 0 Å². The van der Waals surface area contributed by atoms with E-state index in [1.165, 1.54) is 13.2 Å². The van der Waals surface area contributed by atoms with Crippen LogP contribution in [0.5, 0.6) is 11.5 Å². The van der Waals surface area contributed by atoms with Gasteiger partial charge >= 0.3 is 0 Å². The summed E-state index contributed by atoms with van der Waals surface area (Å²) in [4.78, 5) is 41.8. The summed E-state index contributed by atoms with van der Waals surface area (Å²) in [5, 5.41) is 16.6. The van der Waals surface area contributed by atoms with E-state index in [1.54, 1.807) is 48.5 Å². The van der Waals surface area contributed by atoms with Gasteiger partial charge in [-0.15, -0.1) is 0 Å². The topological polar surface area (TPSA) is 123 Å². The molecule has 1 heterocycles. The van der Waals surface area contributed by atoms with Crippen LogP contribution in [0.2, 0.25) is 0 Å². The molecule has 0 saturated carbocycles. The highest BCUT2D eigenvalue weighted by molar-refractivity contribution is 6.11. The fourth-order valence-corrected chi connectivity index (χ4v) is 4.27. The Kier molecular flexibility index (Phi) is 9.01. The van der Waals surface area contributed by atoms with Gasteiger partial charge < -0.3 is 39.8 Å². The number of anilines is 3. The molecule has 204 valence electrons. The third kappa shape index (κ3) is 7.26. The number of para-hydroxylation sites is 1. The van der Waals surface area contributed by atoms with Gasteiger partial charge in [0, 0.05) is 36.4 Å². The Morgan fingerprint density at radius 2 is 1.51 bits per heavy atom. The molecule has 39 heavy (non-hydrogen) atoms. The van der Waals surface area contributed by atoms with Gasteiger partial charge in [0.15, 0.2) is 0 Å². The Morgan fingerprint density at radius 1 is 0.846 bits per heavy atom. The minimum absolute atomic E-state index is 0.0744. The van der Waals surface area contributed by atoms with E-state index >= 15 is 0 Å². The predicted molar refractivity (Wildman–Crippen MR) is 147 cm³/mol. The number of benzene rings is 3. The van der Waals surface area contributed by atoms with Crippen LogP contribution in [0.25, 0.3) is 0 Å². The first-order valence-corrected chi connectivity index (χ1v) is 12.6. The third-order valence-corrected chi connectivity index (χ3v) is 6.42. The minimum Gasteiger partial charge on any atom is -0.546 e. The minimum atomic E-state index is -1.42. The summed E-state index contributed by atoms with van der Waals surface area (Å²) < 4.78 is 10.5. The van der Waals surface area contributed by atoms with E-state index in [2.05, 4.69) is 27.5 Å². The number of likely N-dealkylation sites (N-methyl/N-ethyl adjacent to an activating group) is 1. The molecule has 0 atom stereocenters. The van der Waals surface area contributed by atoms with Crippen LogP contribution in [0, 0.1) is 0 Å². The number of carboxylic acid groups (broad SMARTS) is 1. The maximum absolute atomic E-state index is 13.2. The number of aliphatic carboxylic acids is 1. The van der Waals surface area contributed by atoms with Gasteiger partial charge in [0.25, 0.3) is 11.8 Å². The van der Waals surface area contributed by atoms with Crippen LogP contribution in [-0.4, -0.2) is 69.6 Å². The standard InChI is InChI=1S/C29H32N4O6/c1-32-15-4-16-33(18-17-32)22-11-7-20(8-12-22)29(37)31-27-24(5-3-6-25(27)39-19-26(34)35)30-28(36)21-9-13-23(38-2)14-10-21/h3,5-14H,4,15-19H2,1-2H3,(H,30,36)(H,31,37)(H,34,35)/p-1. The first-order valence-electron chi connectivity index (χ1n) is 12.6. The average Bonchev–Trinajstić information content (AvgIpc) is 3.17. The number of amides is 2. The fourth-order valence-electron chi connectivity index (χ4n) is 4.27. The summed E-state index contributed by atoms with van der Waals surface area (Å²) in [7, 11) is 3.64. The Balaban J connectivity index is 1.54. The van der Waals surface area contributed by atoms with Crippen LogP contribution in [0.1, 0.15) is 27.1 Å². The van der Waals surface area contributed by atoms with E-state index in [0.29, 0.717) is 16.9 Å². The molecule has 0 unspecified atom stereocenters. The molecule has 3 aromatic rings. The van der Waals surface area contributed by atoms with Crippen LogP contribution in [-0.2, 0) is 4.79 Å². The Hall–Kier alpha value is -4.57. The molecule has 1 aliphatic rings. The summed E-state index contributed by atoms with van der Waals surface area (Å²) in [5.74, 6) is -1.62. The van der Waals surface area contributed by atoms with Gasteiger partial charge in [-0.2, -0.15) is 0 Å². The molecule has 3 aromatic carbocycles. The summed E-state index contributed by atoms with van der Waals surface area (Å²) >= 11 is 0. The van der Waals surface area contributed by atoms with Gasteiger partial charge in [0.05, 0.1) is 18.8 Å². The van der Waals surface area contributed by atoms with Crippen LogP contribution < -0.4 is 30.1 Å². The molecule has 10 nitrogen and oxygen atoms in total. The summed E-state index contributed by atoms with van der Waals surface area (Å²) in [6.45, 7) is 3.14. The second-order valence-electron chi connectivity index (χ2n) is 9.17. The van der Waals surface area contributed by atoms with Gasteiger partial charge in [0.1, 0.15) is 23.8 Å². The number of carbonyl (C=O) groups is 3. The van der Waals surface area contributed by atoms with Crippen molar-refractivity contribution in [2.24, 2.45) is 0 Å². The van der Waals surface area contributed by atoms with Crippen molar-refractivity contribution in [1.82, 2.24) is 4.90 Å². The zero-order valence-corrected chi connectivity index (χ0v) is 21.9. The molecule has 1 fully saturated rings. The molecular weight excluding hydrogens is 500 g/mol. The highest BCUT2D eigenvalue weighted by Gasteiger charge is 2.18. The van der Waals surface area contributed by atoms with Gasteiger partial charge in [-0.25, -0.2) is 0 Å². The highest BCUT2D eigenvalue weighted by Crippen LogP contribution is 2.34. The van der Waals surface area contributed by atoms with Gasteiger partial charge in [-0.1, -0.05) is 6.07 Å². The molecule has 1 aliphatic heterocycles. The number of ether oxygens (including phenoxy) is 2. The molecule has 0 bridgehead atoms. The lowest BCUT2D eigenvalue weighted by molar-refractivity contribution is -0.307. The van der Waals surface area contributed by atoms with E-state index in [4.69, 9.17) is 9.47 Å². The molecular formula is C29H31N4O6-. The Bertz CT molecular complexity index is 1310. The zero-order valence-electron chi connectivity index (χ0n) is 21.9. The van der Waals surface area contributed by atoms with Gasteiger partial charge in [-0.3, -0.25) is 9.59 Å². The number of nitrogens with zero attached hydrogens (tertiary/aromatic N) is 2. The largest absolute Gasteiger partial charge is 0.546 e. The second-order valence-corrected chi connectivity index (χ2v) is 9.17. The van der Waals surface area contributed by atoms with Crippen molar-refractivity contribution in [2.45, 2.75) is 6.42 Å². The fraction of sp³-hybridized carbons (Fsp3) is 0.276. The number of nitrogens with one attached hydrogen (secondary N) is 2. The maximum atomic E-state index is 13.2. The molecule has 0 aromatic heterocycles. The lowest BCUT2D eigenvalue weighted by Gasteiger charge is -2.23. The van der Waals surface area contributed by atoms with Crippen LogP contribution in [0.4, 0.5) is 17.1 Å². The van der Waals surface area contributed by atoms with Crippen LogP contribution in [0.3, 0.4) is 0 Å². The van der Waals surface area contributed by atoms with E-state index < -0.39 is 24.4 Å². The quantitative estimate of drug-likeness (QED) is 0.432. The summed E-state index contributed by atoms with van der Waals surface area (Å²) in [6.07, 6.45) is 1.06. The van der Waals surface area contributed by atoms with Crippen LogP contribution in [0.15, 0.2) is 66.7 Å². The monoisotopic (exact) mass is 531 g/mol. The molecule has 2 N–H and O–H groups in total. The Morgan fingerprint density at radius 3 is 2.18 bits per heavy atom. The molecule has 2 amide bonds. The van der Waals surface area contributed by atoms with Crippen molar-refractivity contribution in [2.75, 3.05) is 62.5 Å². The second kappa shape index (κ2) is 12.8. The molecule has 10 heteroatoms. The molecule has 0 aliphatic carbocycles. The molecule has 4 rings (SSSR count). The Labute approximate surface area is 227 Å². The van der Waals surface area contributed by atoms with Gasteiger partial charge in [-0.05, 0) is 80.7 Å². The number of rotatable bonds is 9. The number of carbonyl (C=O) groups excluding carboxylic acids is 3. The number of hydrogen-bond acceptors (Lipinski definition) is 8. The average molecular weight is 532 g/mol. The van der Waals surface area contributed by atoms with E-state index in [-0.39, 0.29) is 17.1 Å². The van der Waals surface area contributed by atoms with Crippen molar-refractivity contribution in [3.63, 3.8) is 0 Å². The first-order chi connectivity index (χ1) is 18.8. The SMILES string of the molecule is COc1ccc(C(=O)Nc2cccc(OCC(=O)[O-])c2NC(=O)c2ccc(N3CCCN(C)CC3)cc2)cc1. The lowest BCUT2D eigenvalue weighted by Crippen LogP contribution is -2.29. The maximum Gasteiger partial charge on any atom is 0.255 e.